The van der Waals surface area contributed by atoms with Crippen LogP contribution < -0.4 is 0 Å². The van der Waals surface area contributed by atoms with Crippen LogP contribution in [0.2, 0.25) is 0 Å². The summed E-state index contributed by atoms with van der Waals surface area (Å²) in [6, 6.07) is 0. The van der Waals surface area contributed by atoms with Gasteiger partial charge in [-0.15, -0.1) is 0 Å². The summed E-state index contributed by atoms with van der Waals surface area (Å²) in [5.41, 5.74) is 0. The van der Waals surface area contributed by atoms with Gasteiger partial charge in [0.15, 0.2) is 6.10 Å². The first-order chi connectivity index (χ1) is 29.5. The standard InChI is InChI=1S/C54H94O6/c1-4-7-10-13-16-19-22-24-26-27-28-30-32-35-38-41-44-47-53(56)59-50-51(49-58-52(55)46-43-40-37-34-31-21-18-15-12-9-6-3)60-54(57)48-45-42-39-36-33-29-25-23-20-17-14-11-8-5-2/h8,11,15,17-18,20-21,24,26,31,51H,4-7,9-10,12-14,16,19,22-23,25,27-30,32-50H2,1-3H3/b11-8-,18-15-,20-17-,26-24-,31-21-. The lowest BCUT2D eigenvalue weighted by molar-refractivity contribution is -0.167. The molecule has 0 aliphatic carbocycles. The summed E-state index contributed by atoms with van der Waals surface area (Å²) in [7, 11) is 0. The molecule has 0 heterocycles. The van der Waals surface area contributed by atoms with E-state index in [1.165, 1.54) is 116 Å². The van der Waals surface area contributed by atoms with E-state index in [2.05, 4.69) is 81.5 Å². The van der Waals surface area contributed by atoms with E-state index in [0.717, 1.165) is 89.9 Å². The van der Waals surface area contributed by atoms with Gasteiger partial charge in [-0.05, 0) is 89.9 Å². The summed E-state index contributed by atoms with van der Waals surface area (Å²) in [6.45, 7) is 6.44. The highest BCUT2D eigenvalue weighted by atomic mass is 16.6. The van der Waals surface area contributed by atoms with Crippen molar-refractivity contribution in [3.8, 4) is 0 Å². The number of rotatable bonds is 45. The fourth-order valence-corrected chi connectivity index (χ4v) is 6.92. The number of carbonyl (C=O) groups excluding carboxylic acids is 3. The number of carbonyl (C=O) groups is 3. The molecule has 0 fully saturated rings. The molecule has 0 aromatic carbocycles. The Labute approximate surface area is 370 Å². The van der Waals surface area contributed by atoms with Crippen molar-refractivity contribution in [3.63, 3.8) is 0 Å². The average Bonchev–Trinajstić information content (AvgIpc) is 3.24. The number of ether oxygens (including phenoxy) is 3. The van der Waals surface area contributed by atoms with Crippen LogP contribution in [0.25, 0.3) is 0 Å². The quantitative estimate of drug-likeness (QED) is 0.0200. The lowest BCUT2D eigenvalue weighted by Crippen LogP contribution is -2.30. The van der Waals surface area contributed by atoms with Crippen LogP contribution in [0.4, 0.5) is 0 Å². The molecule has 0 spiro atoms. The van der Waals surface area contributed by atoms with Crippen molar-refractivity contribution < 1.29 is 28.6 Å². The summed E-state index contributed by atoms with van der Waals surface area (Å²) in [5, 5.41) is 0. The van der Waals surface area contributed by atoms with Gasteiger partial charge in [0.05, 0.1) is 0 Å². The van der Waals surface area contributed by atoms with Crippen molar-refractivity contribution in [2.24, 2.45) is 0 Å². The second-order valence-electron chi connectivity index (χ2n) is 16.7. The highest BCUT2D eigenvalue weighted by Gasteiger charge is 2.19. The summed E-state index contributed by atoms with van der Waals surface area (Å²) < 4.78 is 16.7. The molecule has 0 saturated heterocycles. The van der Waals surface area contributed by atoms with Crippen LogP contribution in [-0.4, -0.2) is 37.2 Å². The van der Waals surface area contributed by atoms with Gasteiger partial charge in [0, 0.05) is 19.3 Å². The second kappa shape index (κ2) is 48.8. The zero-order valence-corrected chi connectivity index (χ0v) is 39.5. The third kappa shape index (κ3) is 46.2. The molecule has 0 bridgehead atoms. The van der Waals surface area contributed by atoms with Crippen molar-refractivity contribution in [1.29, 1.82) is 0 Å². The smallest absolute Gasteiger partial charge is 0.306 e. The Morgan fingerprint density at radius 2 is 0.717 bits per heavy atom. The molecule has 6 nitrogen and oxygen atoms in total. The maximum absolute atomic E-state index is 12.8. The van der Waals surface area contributed by atoms with Crippen LogP contribution in [0.1, 0.15) is 245 Å². The van der Waals surface area contributed by atoms with E-state index in [1.807, 2.05) is 0 Å². The molecule has 346 valence electrons. The minimum absolute atomic E-state index is 0.0882. The van der Waals surface area contributed by atoms with Crippen molar-refractivity contribution in [2.75, 3.05) is 13.2 Å². The Morgan fingerprint density at radius 3 is 1.18 bits per heavy atom. The minimum atomic E-state index is -0.789. The zero-order chi connectivity index (χ0) is 43.7. The van der Waals surface area contributed by atoms with E-state index in [4.69, 9.17) is 14.2 Å². The number of allylic oxidation sites excluding steroid dienone is 10. The van der Waals surface area contributed by atoms with E-state index in [-0.39, 0.29) is 31.1 Å². The molecular formula is C54H94O6. The number of hydrogen-bond acceptors (Lipinski definition) is 6. The van der Waals surface area contributed by atoms with Gasteiger partial charge < -0.3 is 14.2 Å². The Kier molecular flexibility index (Phi) is 46.4. The van der Waals surface area contributed by atoms with Gasteiger partial charge in [0.25, 0.3) is 0 Å². The van der Waals surface area contributed by atoms with Gasteiger partial charge in [-0.1, -0.05) is 197 Å². The van der Waals surface area contributed by atoms with Crippen LogP contribution in [0.15, 0.2) is 60.8 Å². The first-order valence-corrected chi connectivity index (χ1v) is 25.3. The van der Waals surface area contributed by atoms with Crippen molar-refractivity contribution in [2.45, 2.75) is 252 Å². The van der Waals surface area contributed by atoms with E-state index < -0.39 is 6.10 Å². The van der Waals surface area contributed by atoms with Gasteiger partial charge >= 0.3 is 17.9 Å². The molecule has 0 aliphatic rings. The van der Waals surface area contributed by atoms with Crippen LogP contribution in [0.3, 0.4) is 0 Å². The van der Waals surface area contributed by atoms with Gasteiger partial charge in [-0.3, -0.25) is 14.4 Å². The fraction of sp³-hybridized carbons (Fsp3) is 0.759. The third-order valence-corrected chi connectivity index (χ3v) is 10.8. The predicted octanol–water partition coefficient (Wildman–Crippen LogP) is 16.5. The Bertz CT molecular complexity index is 1100. The molecule has 0 aromatic rings. The van der Waals surface area contributed by atoms with Crippen LogP contribution in [0, 0.1) is 0 Å². The molecule has 0 N–H and O–H groups in total. The van der Waals surface area contributed by atoms with E-state index in [0.29, 0.717) is 19.3 Å². The first kappa shape index (κ1) is 57.1. The van der Waals surface area contributed by atoms with Gasteiger partial charge in [-0.25, -0.2) is 0 Å². The SMILES string of the molecule is CC/C=C\C/C=C\CCCCCCCCCC(=O)OC(COC(=O)CCCCC/C=C\C=C/CCCC)COC(=O)CCCCCCCCC/C=C\CCCCCCCC. The molecule has 0 aliphatic heterocycles. The Morgan fingerprint density at radius 1 is 0.367 bits per heavy atom. The second-order valence-corrected chi connectivity index (χ2v) is 16.7. The molecular weight excluding hydrogens is 745 g/mol. The average molecular weight is 839 g/mol. The molecule has 60 heavy (non-hydrogen) atoms. The maximum atomic E-state index is 12.8. The molecule has 0 rings (SSSR count). The van der Waals surface area contributed by atoms with Gasteiger partial charge in [0.2, 0.25) is 0 Å². The number of unbranched alkanes of at least 4 members (excludes halogenated alkanes) is 25. The molecule has 0 aromatic heterocycles. The first-order valence-electron chi connectivity index (χ1n) is 25.3. The monoisotopic (exact) mass is 839 g/mol. The van der Waals surface area contributed by atoms with E-state index >= 15 is 0 Å². The molecule has 0 saturated carbocycles. The summed E-state index contributed by atoms with van der Waals surface area (Å²) in [5.74, 6) is -0.928. The van der Waals surface area contributed by atoms with Crippen LogP contribution in [-0.2, 0) is 28.6 Å². The van der Waals surface area contributed by atoms with Crippen LogP contribution in [0.5, 0.6) is 0 Å². The highest BCUT2D eigenvalue weighted by molar-refractivity contribution is 5.71. The fourth-order valence-electron chi connectivity index (χ4n) is 6.92. The number of esters is 3. The highest BCUT2D eigenvalue weighted by Crippen LogP contribution is 2.14. The van der Waals surface area contributed by atoms with Gasteiger partial charge in [0.1, 0.15) is 13.2 Å². The molecule has 1 atom stereocenters. The summed E-state index contributed by atoms with van der Waals surface area (Å²) >= 11 is 0. The van der Waals surface area contributed by atoms with Crippen molar-refractivity contribution in [1.82, 2.24) is 0 Å². The topological polar surface area (TPSA) is 78.9 Å². The molecule has 0 radical (unpaired) electrons. The molecule has 1 unspecified atom stereocenters. The maximum Gasteiger partial charge on any atom is 0.306 e. The minimum Gasteiger partial charge on any atom is -0.462 e. The molecule has 0 amide bonds. The Hall–Kier alpha value is -2.89. The van der Waals surface area contributed by atoms with Gasteiger partial charge in [-0.2, -0.15) is 0 Å². The van der Waals surface area contributed by atoms with E-state index in [9.17, 15) is 14.4 Å². The number of hydrogen-bond donors (Lipinski definition) is 0. The lowest BCUT2D eigenvalue weighted by Gasteiger charge is -2.18. The zero-order valence-electron chi connectivity index (χ0n) is 39.5. The predicted molar refractivity (Wildman–Crippen MR) is 256 cm³/mol. The normalized spacial score (nSPS) is 12.5. The summed E-state index contributed by atoms with van der Waals surface area (Å²) in [4.78, 5) is 37.9. The third-order valence-electron chi connectivity index (χ3n) is 10.8. The largest absolute Gasteiger partial charge is 0.462 e. The lowest BCUT2D eigenvalue weighted by atomic mass is 10.1. The van der Waals surface area contributed by atoms with Crippen molar-refractivity contribution in [3.05, 3.63) is 60.8 Å². The molecule has 6 heteroatoms. The Balaban J connectivity index is 4.38. The van der Waals surface area contributed by atoms with E-state index in [1.54, 1.807) is 0 Å². The summed E-state index contributed by atoms with van der Waals surface area (Å²) in [6.07, 6.45) is 59.2. The van der Waals surface area contributed by atoms with Crippen LogP contribution >= 0.6 is 0 Å². The van der Waals surface area contributed by atoms with Crippen molar-refractivity contribution >= 4 is 17.9 Å².